The van der Waals surface area contributed by atoms with Gasteiger partial charge in [0.15, 0.2) is 0 Å². The molecule has 1 aliphatic rings. The second-order valence-corrected chi connectivity index (χ2v) is 3.36. The van der Waals surface area contributed by atoms with Crippen LogP contribution in [0.4, 0.5) is 0 Å². The van der Waals surface area contributed by atoms with Crippen molar-refractivity contribution in [2.24, 2.45) is 0 Å². The monoisotopic (exact) mass is 214 g/mol. The maximum atomic E-state index is 10.7. The third-order valence-corrected chi connectivity index (χ3v) is 1.88. The maximum Gasteiger partial charge on any atom is 0.305 e. The van der Waals surface area contributed by atoms with Gasteiger partial charge in [-0.05, 0) is 5.57 Å². The summed E-state index contributed by atoms with van der Waals surface area (Å²) in [5, 5.41) is 0. The molecule has 0 aromatic heterocycles. The Labute approximate surface area is 88.0 Å². The van der Waals surface area contributed by atoms with Crippen molar-refractivity contribution in [1.82, 2.24) is 0 Å². The lowest BCUT2D eigenvalue weighted by Crippen LogP contribution is -2.21. The normalized spacial score (nSPS) is 25.1. The fraction of sp³-hybridized carbons (Fsp3) is 0.600. The summed E-state index contributed by atoms with van der Waals surface area (Å²) in [6, 6.07) is 0. The van der Waals surface area contributed by atoms with Crippen molar-refractivity contribution in [3.05, 3.63) is 12.2 Å². The summed E-state index contributed by atoms with van der Waals surface area (Å²) in [5.74, 6) is -0.783. The molecule has 1 saturated heterocycles. The van der Waals surface area contributed by atoms with Crippen molar-refractivity contribution in [3.8, 4) is 0 Å². The summed E-state index contributed by atoms with van der Waals surface area (Å²) in [6.45, 7) is 6.51. The summed E-state index contributed by atoms with van der Waals surface area (Å²) in [5.41, 5.74) is 0.683. The first-order valence-corrected chi connectivity index (χ1v) is 4.62. The summed E-state index contributed by atoms with van der Waals surface area (Å²) in [6.07, 6.45) is -0.445. The Kier molecular flexibility index (Phi) is 3.85. The van der Waals surface area contributed by atoms with Crippen LogP contribution in [0.3, 0.4) is 0 Å². The van der Waals surface area contributed by atoms with Crippen LogP contribution in [0.2, 0.25) is 0 Å². The number of carbonyl (C=O) groups is 2. The molecule has 1 unspecified atom stereocenters. The molecule has 0 aromatic rings. The lowest BCUT2D eigenvalue weighted by atomic mass is 10.2. The molecule has 0 radical (unpaired) electrons. The molecular weight excluding hydrogens is 200 g/mol. The van der Waals surface area contributed by atoms with Gasteiger partial charge in [-0.1, -0.05) is 6.58 Å². The summed E-state index contributed by atoms with van der Waals surface area (Å²) >= 11 is 0. The van der Waals surface area contributed by atoms with E-state index in [1.807, 2.05) is 0 Å². The van der Waals surface area contributed by atoms with Gasteiger partial charge >= 0.3 is 11.9 Å². The minimum atomic E-state index is -0.706. The minimum Gasteiger partial charge on any atom is -0.463 e. The predicted molar refractivity (Wildman–Crippen MR) is 50.8 cm³/mol. The predicted octanol–water partition coefficient (Wildman–Crippen LogP) is 0.784. The van der Waals surface area contributed by atoms with Crippen LogP contribution >= 0.6 is 0 Å². The molecule has 0 N–H and O–H groups in total. The molecule has 5 heteroatoms. The van der Waals surface area contributed by atoms with Gasteiger partial charge in [0.2, 0.25) is 6.29 Å². The summed E-state index contributed by atoms with van der Waals surface area (Å²) < 4.78 is 15.0. The second kappa shape index (κ2) is 4.93. The van der Waals surface area contributed by atoms with Crippen LogP contribution in [0.25, 0.3) is 0 Å². The smallest absolute Gasteiger partial charge is 0.305 e. The highest BCUT2D eigenvalue weighted by atomic mass is 16.7. The van der Waals surface area contributed by atoms with E-state index in [9.17, 15) is 9.59 Å². The highest BCUT2D eigenvalue weighted by molar-refractivity contribution is 5.66. The molecule has 0 aliphatic carbocycles. The van der Waals surface area contributed by atoms with Crippen LogP contribution in [0.15, 0.2) is 12.2 Å². The van der Waals surface area contributed by atoms with E-state index in [2.05, 4.69) is 6.58 Å². The lowest BCUT2D eigenvalue weighted by Gasteiger charge is -2.12. The summed E-state index contributed by atoms with van der Waals surface area (Å²) in [7, 11) is 0. The van der Waals surface area contributed by atoms with Crippen molar-refractivity contribution >= 4 is 11.9 Å². The topological polar surface area (TPSA) is 61.8 Å². The maximum absolute atomic E-state index is 10.7. The molecule has 1 rings (SSSR count). The third-order valence-electron chi connectivity index (χ3n) is 1.88. The number of hydrogen-bond donors (Lipinski definition) is 0. The Balaban J connectivity index is 2.38. The molecule has 0 saturated carbocycles. The Bertz CT molecular complexity index is 284. The number of esters is 2. The molecule has 0 spiro atoms. The first-order chi connectivity index (χ1) is 6.99. The van der Waals surface area contributed by atoms with Gasteiger partial charge in [0.25, 0.3) is 0 Å². The highest BCUT2D eigenvalue weighted by Gasteiger charge is 2.31. The van der Waals surface area contributed by atoms with Crippen molar-refractivity contribution in [2.45, 2.75) is 32.7 Å². The van der Waals surface area contributed by atoms with Crippen molar-refractivity contribution in [3.63, 3.8) is 0 Å². The van der Waals surface area contributed by atoms with Crippen LogP contribution in [0.5, 0.6) is 0 Å². The quantitative estimate of drug-likeness (QED) is 0.513. The Morgan fingerprint density at radius 3 is 2.67 bits per heavy atom. The van der Waals surface area contributed by atoms with E-state index < -0.39 is 12.3 Å². The zero-order chi connectivity index (χ0) is 11.4. The van der Waals surface area contributed by atoms with Gasteiger partial charge in [-0.25, -0.2) is 0 Å². The molecule has 15 heavy (non-hydrogen) atoms. The molecule has 2 atom stereocenters. The van der Waals surface area contributed by atoms with E-state index in [1.165, 1.54) is 13.8 Å². The van der Waals surface area contributed by atoms with Crippen LogP contribution in [-0.4, -0.2) is 30.9 Å². The zero-order valence-electron chi connectivity index (χ0n) is 8.82. The Hall–Kier alpha value is -1.36. The average molecular weight is 214 g/mol. The molecule has 5 nitrogen and oxygen atoms in total. The van der Waals surface area contributed by atoms with Crippen LogP contribution < -0.4 is 0 Å². The zero-order valence-corrected chi connectivity index (χ0v) is 8.82. The molecule has 1 heterocycles. The van der Waals surface area contributed by atoms with E-state index in [0.29, 0.717) is 12.0 Å². The first kappa shape index (κ1) is 11.7. The standard InChI is InChI=1S/C10H14O5/c1-6-4-9(5-13-7(2)11)15-10(6)14-8(3)12/h9-10H,1,4-5H2,2-3H3/t9-,10?/m0/s1. The molecular formula is C10H14O5. The SMILES string of the molecule is C=C1C[C@@H](COC(C)=O)OC1OC(C)=O. The van der Waals surface area contributed by atoms with Gasteiger partial charge in [-0.15, -0.1) is 0 Å². The number of hydrogen-bond acceptors (Lipinski definition) is 5. The van der Waals surface area contributed by atoms with Crippen molar-refractivity contribution in [1.29, 1.82) is 0 Å². The lowest BCUT2D eigenvalue weighted by molar-refractivity contribution is -0.173. The molecule has 84 valence electrons. The van der Waals surface area contributed by atoms with Gasteiger partial charge < -0.3 is 14.2 Å². The molecule has 1 fully saturated rings. The molecule has 0 bridgehead atoms. The van der Waals surface area contributed by atoms with Crippen LogP contribution in [0, 0.1) is 0 Å². The fourth-order valence-corrected chi connectivity index (χ4v) is 1.28. The van der Waals surface area contributed by atoms with Gasteiger partial charge in [0, 0.05) is 20.3 Å². The van der Waals surface area contributed by atoms with E-state index in [1.54, 1.807) is 0 Å². The van der Waals surface area contributed by atoms with Crippen molar-refractivity contribution < 1.29 is 23.8 Å². The number of rotatable bonds is 3. The number of carbonyl (C=O) groups excluding carboxylic acids is 2. The molecule has 1 aliphatic heterocycles. The first-order valence-electron chi connectivity index (χ1n) is 4.62. The molecule has 0 aromatic carbocycles. The van der Waals surface area contributed by atoms with Crippen LogP contribution in [0.1, 0.15) is 20.3 Å². The van der Waals surface area contributed by atoms with Gasteiger partial charge in [-0.2, -0.15) is 0 Å². The van der Waals surface area contributed by atoms with Gasteiger partial charge in [-0.3, -0.25) is 9.59 Å². The molecule has 0 amide bonds. The van der Waals surface area contributed by atoms with Gasteiger partial charge in [0.05, 0.1) is 0 Å². The van der Waals surface area contributed by atoms with E-state index >= 15 is 0 Å². The minimum absolute atomic E-state index is 0.159. The second-order valence-electron chi connectivity index (χ2n) is 3.36. The average Bonchev–Trinajstić information content (AvgIpc) is 2.43. The Morgan fingerprint density at radius 1 is 1.47 bits per heavy atom. The van der Waals surface area contributed by atoms with E-state index in [-0.39, 0.29) is 18.7 Å². The largest absolute Gasteiger partial charge is 0.463 e. The van der Waals surface area contributed by atoms with E-state index in [0.717, 1.165) is 0 Å². The van der Waals surface area contributed by atoms with Gasteiger partial charge in [0.1, 0.15) is 12.7 Å². The highest BCUT2D eigenvalue weighted by Crippen LogP contribution is 2.25. The van der Waals surface area contributed by atoms with Crippen molar-refractivity contribution in [2.75, 3.05) is 6.61 Å². The summed E-state index contributed by atoms with van der Waals surface area (Å²) in [4.78, 5) is 21.2. The fourth-order valence-electron chi connectivity index (χ4n) is 1.28. The van der Waals surface area contributed by atoms with Crippen LogP contribution in [-0.2, 0) is 23.8 Å². The third kappa shape index (κ3) is 3.71. The Morgan fingerprint density at radius 2 is 2.13 bits per heavy atom. The number of ether oxygens (including phenoxy) is 3. The van der Waals surface area contributed by atoms with E-state index in [4.69, 9.17) is 14.2 Å².